The van der Waals surface area contributed by atoms with E-state index in [2.05, 4.69) is 10.3 Å². The molecule has 10 heteroatoms. The van der Waals surface area contributed by atoms with Gasteiger partial charge in [-0.1, -0.05) is 54.0 Å². The van der Waals surface area contributed by atoms with Gasteiger partial charge in [0.1, 0.15) is 11.7 Å². The van der Waals surface area contributed by atoms with E-state index in [1.54, 1.807) is 32.0 Å². The van der Waals surface area contributed by atoms with Crippen LogP contribution in [0.4, 0.5) is 13.2 Å². The number of nitrogens with zero attached hydrogens (tertiary/aromatic N) is 3. The maximum Gasteiger partial charge on any atom is 0.435 e. The minimum absolute atomic E-state index is 0.0115. The molecule has 0 bridgehead atoms. The molecule has 4 atom stereocenters. The predicted molar refractivity (Wildman–Crippen MR) is 117 cm³/mol. The Morgan fingerprint density at radius 3 is 2.47 bits per heavy atom. The molecule has 0 radical (unpaired) electrons. The lowest BCUT2D eigenvalue weighted by Gasteiger charge is -2.31. The lowest BCUT2D eigenvalue weighted by molar-refractivity contribution is -0.275. The number of aliphatic hydroxyl groups excluding tert-OH is 1. The summed E-state index contributed by atoms with van der Waals surface area (Å²) < 4.78 is 48.3. The molecule has 1 amide bonds. The third kappa shape index (κ3) is 4.19. The van der Waals surface area contributed by atoms with Crippen molar-refractivity contribution in [1.29, 1.82) is 0 Å². The molecule has 0 saturated carbocycles. The zero-order valence-electron chi connectivity index (χ0n) is 19.5. The van der Waals surface area contributed by atoms with Gasteiger partial charge in [-0.3, -0.25) is 4.79 Å². The summed E-state index contributed by atoms with van der Waals surface area (Å²) in [6.45, 7) is 7.21. The Balaban J connectivity index is 1.64. The molecule has 1 aromatic heterocycles. The molecule has 2 aliphatic rings. The molecule has 4 unspecified atom stereocenters. The van der Waals surface area contributed by atoms with Gasteiger partial charge in [0.2, 0.25) is 5.91 Å². The van der Waals surface area contributed by atoms with Crippen LogP contribution in [0.1, 0.15) is 55.2 Å². The SMILES string of the molecule is Cc1ccc(C2(C(F)(F)F)CC(C3CC(O)CN3C(=O)C(c3cc(C)no3)C(C)C)=NO2)cc1. The number of halogens is 3. The van der Waals surface area contributed by atoms with E-state index in [9.17, 15) is 23.1 Å². The molecule has 184 valence electrons. The van der Waals surface area contributed by atoms with Crippen molar-refractivity contribution >= 4 is 11.6 Å². The second-order valence-corrected chi connectivity index (χ2v) is 9.53. The third-order valence-electron chi connectivity index (χ3n) is 6.56. The Kier molecular flexibility index (Phi) is 6.22. The molecule has 1 fully saturated rings. The number of aliphatic hydroxyl groups is 1. The summed E-state index contributed by atoms with van der Waals surface area (Å²) >= 11 is 0. The molecule has 7 nitrogen and oxygen atoms in total. The molecule has 1 saturated heterocycles. The summed E-state index contributed by atoms with van der Waals surface area (Å²) in [5.74, 6) is -0.829. The molecule has 34 heavy (non-hydrogen) atoms. The van der Waals surface area contributed by atoms with Gasteiger partial charge in [-0.15, -0.1) is 0 Å². The van der Waals surface area contributed by atoms with Gasteiger partial charge < -0.3 is 19.4 Å². The number of likely N-dealkylation sites (tertiary alicyclic amines) is 1. The maximum absolute atomic E-state index is 14.3. The van der Waals surface area contributed by atoms with Crippen LogP contribution in [0.25, 0.3) is 0 Å². The van der Waals surface area contributed by atoms with Crippen molar-refractivity contribution in [3.63, 3.8) is 0 Å². The Morgan fingerprint density at radius 2 is 1.91 bits per heavy atom. The van der Waals surface area contributed by atoms with Crippen LogP contribution in [-0.2, 0) is 15.2 Å². The number of amides is 1. The number of alkyl halides is 3. The zero-order valence-corrected chi connectivity index (χ0v) is 19.5. The van der Waals surface area contributed by atoms with E-state index in [4.69, 9.17) is 9.36 Å². The maximum atomic E-state index is 14.3. The van der Waals surface area contributed by atoms with Crippen molar-refractivity contribution < 1.29 is 32.4 Å². The van der Waals surface area contributed by atoms with E-state index in [-0.39, 0.29) is 36.1 Å². The lowest BCUT2D eigenvalue weighted by atomic mass is 9.85. The number of hydrogen-bond donors (Lipinski definition) is 1. The Morgan fingerprint density at radius 1 is 1.24 bits per heavy atom. The first kappa shape index (κ1) is 24.3. The van der Waals surface area contributed by atoms with Crippen LogP contribution in [0.3, 0.4) is 0 Å². The number of benzene rings is 1. The number of aryl methyl sites for hydroxylation is 2. The minimum Gasteiger partial charge on any atom is -0.391 e. The van der Waals surface area contributed by atoms with Gasteiger partial charge in [-0.2, -0.15) is 13.2 Å². The molecule has 0 spiro atoms. The van der Waals surface area contributed by atoms with Crippen molar-refractivity contribution in [3.8, 4) is 0 Å². The van der Waals surface area contributed by atoms with Gasteiger partial charge >= 0.3 is 6.18 Å². The highest BCUT2D eigenvalue weighted by Gasteiger charge is 2.63. The van der Waals surface area contributed by atoms with Crippen LogP contribution in [0, 0.1) is 19.8 Å². The Hall–Kier alpha value is -2.88. The molecule has 0 aliphatic carbocycles. The van der Waals surface area contributed by atoms with Crippen LogP contribution >= 0.6 is 0 Å². The average Bonchev–Trinajstić information content (AvgIpc) is 3.46. The van der Waals surface area contributed by atoms with Gasteiger partial charge in [0, 0.05) is 31.0 Å². The van der Waals surface area contributed by atoms with E-state index in [1.165, 1.54) is 17.0 Å². The largest absolute Gasteiger partial charge is 0.435 e. The van der Waals surface area contributed by atoms with Crippen molar-refractivity contribution in [2.24, 2.45) is 11.1 Å². The highest BCUT2D eigenvalue weighted by atomic mass is 19.4. The summed E-state index contributed by atoms with van der Waals surface area (Å²) in [6.07, 6.45) is -6.11. The minimum atomic E-state index is -4.74. The topological polar surface area (TPSA) is 88.2 Å². The van der Waals surface area contributed by atoms with E-state index in [0.717, 1.165) is 5.56 Å². The number of aromatic nitrogens is 1. The summed E-state index contributed by atoms with van der Waals surface area (Å²) in [5, 5.41) is 18.1. The number of rotatable bonds is 5. The quantitative estimate of drug-likeness (QED) is 0.694. The summed E-state index contributed by atoms with van der Waals surface area (Å²) in [7, 11) is 0. The summed E-state index contributed by atoms with van der Waals surface area (Å²) in [6, 6.07) is 6.80. The van der Waals surface area contributed by atoms with Gasteiger partial charge in [0.15, 0.2) is 0 Å². The number of carbonyl (C=O) groups is 1. The standard InChI is InChI=1S/C24H28F3N3O4/c1-13(2)21(20-9-15(4)28-33-20)22(32)30-12-17(31)10-19(30)18-11-23(34-29-18,24(25,26)27)16-7-5-14(3)6-8-16/h5-9,13,17,19,21,31H,10-12H2,1-4H3. The summed E-state index contributed by atoms with van der Waals surface area (Å²) in [5.41, 5.74) is -1.18. The zero-order chi connectivity index (χ0) is 24.8. The molecule has 2 aliphatic heterocycles. The third-order valence-corrected chi connectivity index (χ3v) is 6.56. The van der Waals surface area contributed by atoms with Crippen LogP contribution in [0.2, 0.25) is 0 Å². The van der Waals surface area contributed by atoms with Crippen LogP contribution in [-0.4, -0.2) is 51.6 Å². The average molecular weight is 479 g/mol. The first-order chi connectivity index (χ1) is 15.9. The monoisotopic (exact) mass is 479 g/mol. The van der Waals surface area contributed by atoms with E-state index < -0.39 is 36.3 Å². The molecule has 1 aromatic carbocycles. The van der Waals surface area contributed by atoms with Gasteiger partial charge in [0.05, 0.1) is 23.6 Å². The molecular weight excluding hydrogens is 451 g/mol. The number of β-amino-alcohol motifs (C(OH)–C–C–N with tert-alkyl or cyclic N) is 1. The van der Waals surface area contributed by atoms with Crippen LogP contribution < -0.4 is 0 Å². The highest BCUT2D eigenvalue weighted by Crippen LogP contribution is 2.49. The second kappa shape index (κ2) is 8.72. The van der Waals surface area contributed by atoms with Gasteiger partial charge in [0.25, 0.3) is 5.60 Å². The normalized spacial score (nSPS) is 26.0. The second-order valence-electron chi connectivity index (χ2n) is 9.53. The molecular formula is C24H28F3N3O4. The first-order valence-electron chi connectivity index (χ1n) is 11.2. The summed E-state index contributed by atoms with van der Waals surface area (Å²) in [4.78, 5) is 20.1. The molecule has 4 rings (SSSR count). The van der Waals surface area contributed by atoms with E-state index >= 15 is 0 Å². The van der Waals surface area contributed by atoms with Crippen LogP contribution in [0.5, 0.6) is 0 Å². The van der Waals surface area contributed by atoms with Crippen molar-refractivity contribution in [2.45, 2.75) is 70.4 Å². The van der Waals surface area contributed by atoms with Gasteiger partial charge in [-0.05, 0) is 19.8 Å². The number of hydrogen-bond acceptors (Lipinski definition) is 6. The highest BCUT2D eigenvalue weighted by molar-refractivity contribution is 5.96. The fourth-order valence-electron chi connectivity index (χ4n) is 4.75. The smallest absolute Gasteiger partial charge is 0.391 e. The van der Waals surface area contributed by atoms with Crippen LogP contribution in [0.15, 0.2) is 40.0 Å². The first-order valence-corrected chi connectivity index (χ1v) is 11.2. The number of oxime groups is 1. The Labute approximate surface area is 195 Å². The van der Waals surface area contributed by atoms with Crippen molar-refractivity contribution in [1.82, 2.24) is 10.1 Å². The fraction of sp³-hybridized carbons (Fsp3) is 0.542. The van der Waals surface area contributed by atoms with Crippen molar-refractivity contribution in [2.75, 3.05) is 6.54 Å². The van der Waals surface area contributed by atoms with E-state index in [1.807, 2.05) is 13.8 Å². The van der Waals surface area contributed by atoms with Gasteiger partial charge in [-0.25, -0.2) is 0 Å². The molecule has 1 N–H and O–H groups in total. The fourth-order valence-corrected chi connectivity index (χ4v) is 4.75. The van der Waals surface area contributed by atoms with E-state index in [0.29, 0.717) is 11.5 Å². The molecule has 3 heterocycles. The Bertz CT molecular complexity index is 1080. The van der Waals surface area contributed by atoms with Crippen molar-refractivity contribution in [3.05, 3.63) is 52.9 Å². The lowest BCUT2D eigenvalue weighted by Crippen LogP contribution is -2.47. The predicted octanol–water partition coefficient (Wildman–Crippen LogP) is 4.23. The molecule has 2 aromatic rings. The number of carbonyl (C=O) groups excluding carboxylic acids is 1.